The van der Waals surface area contributed by atoms with E-state index in [0.717, 1.165) is 46.5 Å². The van der Waals surface area contributed by atoms with E-state index in [2.05, 4.69) is 10.1 Å². The molecule has 0 aromatic heterocycles. The molecule has 0 radical (unpaired) electrons. The number of alkyl carbamates (subject to hydrolysis) is 1. The van der Waals surface area contributed by atoms with E-state index in [4.69, 9.17) is 4.74 Å². The lowest BCUT2D eigenvalue weighted by Gasteiger charge is -2.21. The molecule has 1 aliphatic rings. The first-order valence-electron chi connectivity index (χ1n) is 11.7. The van der Waals surface area contributed by atoms with E-state index in [1.54, 1.807) is 0 Å². The number of aliphatic hydroxyl groups is 2. The Hall–Kier alpha value is -3.70. The summed E-state index contributed by atoms with van der Waals surface area (Å²) in [7, 11) is 0. The van der Waals surface area contributed by atoms with Crippen molar-refractivity contribution in [2.45, 2.75) is 36.8 Å². The quantitative estimate of drug-likeness (QED) is 0.312. The molecule has 4 rings (SSSR count). The van der Waals surface area contributed by atoms with Gasteiger partial charge in [0, 0.05) is 12.5 Å². The van der Waals surface area contributed by atoms with Crippen molar-refractivity contribution in [1.82, 2.24) is 5.32 Å². The molecule has 3 N–H and O–H groups in total. The standard InChI is InChI=1S/C27H24F5NO5/c28-26(29,30)27(31,32)38-17-11-9-16(10-12-17)24(35)23(34)13-14-33-25(36)37-15-22-20-7-3-1-5-18(20)19-6-2-4-8-21(19)22/h1-12,22-24,34-35H,13-15H2,(H,33,36). The van der Waals surface area contributed by atoms with Crippen molar-refractivity contribution in [3.8, 4) is 16.9 Å². The van der Waals surface area contributed by atoms with Gasteiger partial charge in [0.25, 0.3) is 0 Å². The predicted molar refractivity (Wildman–Crippen MR) is 127 cm³/mol. The Morgan fingerprint density at radius 1 is 0.868 bits per heavy atom. The van der Waals surface area contributed by atoms with Gasteiger partial charge in [-0.15, -0.1) is 0 Å². The number of hydrogen-bond acceptors (Lipinski definition) is 5. The van der Waals surface area contributed by atoms with Crippen LogP contribution in [0.3, 0.4) is 0 Å². The van der Waals surface area contributed by atoms with E-state index in [1.165, 1.54) is 0 Å². The highest BCUT2D eigenvalue weighted by molar-refractivity contribution is 5.79. The summed E-state index contributed by atoms with van der Waals surface area (Å²) in [5, 5.41) is 23.0. The lowest BCUT2D eigenvalue weighted by molar-refractivity contribution is -0.360. The largest absolute Gasteiger partial charge is 0.499 e. The van der Waals surface area contributed by atoms with Gasteiger partial charge in [-0.1, -0.05) is 60.7 Å². The summed E-state index contributed by atoms with van der Waals surface area (Å²) < 4.78 is 71.9. The second kappa shape index (κ2) is 11.0. The number of rotatable bonds is 9. The average molecular weight is 537 g/mol. The number of alkyl halides is 5. The first kappa shape index (κ1) is 27.3. The zero-order valence-corrected chi connectivity index (χ0v) is 19.8. The maximum absolute atomic E-state index is 13.0. The summed E-state index contributed by atoms with van der Waals surface area (Å²) in [6, 6.07) is 19.5. The molecule has 3 aromatic carbocycles. The third-order valence-electron chi connectivity index (χ3n) is 6.22. The first-order valence-corrected chi connectivity index (χ1v) is 11.7. The molecule has 2 unspecified atom stereocenters. The Bertz CT molecular complexity index is 1220. The molecule has 1 amide bonds. The second-order valence-corrected chi connectivity index (χ2v) is 8.74. The number of benzene rings is 3. The van der Waals surface area contributed by atoms with Gasteiger partial charge >= 0.3 is 18.4 Å². The van der Waals surface area contributed by atoms with Crippen molar-refractivity contribution in [3.63, 3.8) is 0 Å². The van der Waals surface area contributed by atoms with E-state index in [0.29, 0.717) is 0 Å². The Kier molecular flexibility index (Phi) is 7.89. The third-order valence-corrected chi connectivity index (χ3v) is 6.22. The molecule has 202 valence electrons. The van der Waals surface area contributed by atoms with Crippen molar-refractivity contribution in [1.29, 1.82) is 0 Å². The smallest absolute Gasteiger partial charge is 0.449 e. The van der Waals surface area contributed by atoms with Crippen LogP contribution in [0.1, 0.15) is 35.1 Å². The molecule has 2 atom stereocenters. The van der Waals surface area contributed by atoms with Crippen LogP contribution in [-0.4, -0.2) is 47.8 Å². The van der Waals surface area contributed by atoms with Crippen LogP contribution in [0.15, 0.2) is 72.8 Å². The molecular weight excluding hydrogens is 513 g/mol. The average Bonchev–Trinajstić information content (AvgIpc) is 3.20. The SMILES string of the molecule is O=C(NCCC(O)C(O)c1ccc(OC(F)(F)C(F)(F)F)cc1)OCC1c2ccccc2-c2ccccc21. The van der Waals surface area contributed by atoms with Gasteiger partial charge in [0.05, 0.1) is 6.10 Å². The predicted octanol–water partition coefficient (Wildman–Crippen LogP) is 5.54. The summed E-state index contributed by atoms with van der Waals surface area (Å²) in [5.74, 6) is -0.890. The van der Waals surface area contributed by atoms with Gasteiger partial charge in [0.15, 0.2) is 0 Å². The zero-order valence-electron chi connectivity index (χ0n) is 19.8. The molecule has 0 aliphatic heterocycles. The van der Waals surface area contributed by atoms with E-state index >= 15 is 0 Å². The summed E-state index contributed by atoms with van der Waals surface area (Å²) in [6.07, 6.45) is -14.9. The molecule has 6 nitrogen and oxygen atoms in total. The first-order chi connectivity index (χ1) is 18.0. The Labute approximate surface area is 214 Å². The lowest BCUT2D eigenvalue weighted by Crippen LogP contribution is -2.41. The summed E-state index contributed by atoms with van der Waals surface area (Å²) >= 11 is 0. The fraction of sp³-hybridized carbons (Fsp3) is 0.296. The minimum absolute atomic E-state index is 0.0477. The van der Waals surface area contributed by atoms with Gasteiger partial charge in [0.2, 0.25) is 0 Å². The fourth-order valence-corrected chi connectivity index (χ4v) is 4.29. The number of fused-ring (bicyclic) bond motifs is 3. The number of aliphatic hydroxyl groups excluding tert-OH is 2. The van der Waals surface area contributed by atoms with Crippen LogP contribution in [0, 0.1) is 0 Å². The van der Waals surface area contributed by atoms with Crippen LogP contribution in [0.2, 0.25) is 0 Å². The van der Waals surface area contributed by atoms with Gasteiger partial charge in [-0.05, 0) is 46.4 Å². The van der Waals surface area contributed by atoms with Crippen molar-refractivity contribution in [3.05, 3.63) is 89.5 Å². The van der Waals surface area contributed by atoms with Crippen LogP contribution in [0.5, 0.6) is 5.75 Å². The highest BCUT2D eigenvalue weighted by Crippen LogP contribution is 2.44. The van der Waals surface area contributed by atoms with Crippen molar-refractivity contribution >= 4 is 6.09 Å². The third kappa shape index (κ3) is 5.89. The molecule has 0 saturated carbocycles. The number of amides is 1. The Morgan fingerprint density at radius 2 is 1.42 bits per heavy atom. The van der Waals surface area contributed by atoms with E-state index < -0.39 is 36.3 Å². The maximum atomic E-state index is 13.0. The van der Waals surface area contributed by atoms with Gasteiger partial charge < -0.3 is 25.0 Å². The van der Waals surface area contributed by atoms with Crippen molar-refractivity contribution < 1.29 is 46.4 Å². The van der Waals surface area contributed by atoms with Crippen LogP contribution in [0.4, 0.5) is 26.7 Å². The highest BCUT2D eigenvalue weighted by Gasteiger charge is 2.61. The van der Waals surface area contributed by atoms with Gasteiger partial charge in [-0.25, -0.2) is 4.79 Å². The normalized spacial score (nSPS) is 14.8. The van der Waals surface area contributed by atoms with E-state index in [9.17, 15) is 37.0 Å². The summed E-state index contributed by atoms with van der Waals surface area (Å²) in [6.45, 7) is 0.0563. The molecule has 11 heteroatoms. The Morgan fingerprint density at radius 3 is 1.97 bits per heavy atom. The molecule has 0 heterocycles. The number of hydrogen-bond donors (Lipinski definition) is 3. The van der Waals surface area contributed by atoms with Gasteiger partial charge in [-0.3, -0.25) is 0 Å². The van der Waals surface area contributed by atoms with Crippen molar-refractivity contribution in [2.75, 3.05) is 13.2 Å². The Balaban J connectivity index is 1.24. The highest BCUT2D eigenvalue weighted by atomic mass is 19.4. The van der Waals surface area contributed by atoms with Crippen molar-refractivity contribution in [2.24, 2.45) is 0 Å². The number of carbonyl (C=O) groups excluding carboxylic acids is 1. The summed E-state index contributed by atoms with van der Waals surface area (Å²) in [5.41, 5.74) is 4.34. The monoisotopic (exact) mass is 537 g/mol. The van der Waals surface area contributed by atoms with Gasteiger partial charge in [-0.2, -0.15) is 22.0 Å². The van der Waals surface area contributed by atoms with Crippen LogP contribution < -0.4 is 10.1 Å². The molecule has 0 spiro atoms. The van der Waals surface area contributed by atoms with E-state index in [-0.39, 0.29) is 31.1 Å². The minimum atomic E-state index is -5.89. The topological polar surface area (TPSA) is 88.0 Å². The fourth-order valence-electron chi connectivity index (χ4n) is 4.29. The zero-order chi connectivity index (χ0) is 27.5. The van der Waals surface area contributed by atoms with Crippen LogP contribution in [-0.2, 0) is 4.74 Å². The molecule has 0 saturated heterocycles. The number of carbonyl (C=O) groups is 1. The molecule has 3 aromatic rings. The van der Waals surface area contributed by atoms with E-state index in [1.807, 2.05) is 48.5 Å². The molecular formula is C27H24F5NO5. The number of halogens is 5. The van der Waals surface area contributed by atoms with Crippen LogP contribution in [0.25, 0.3) is 11.1 Å². The number of ether oxygens (including phenoxy) is 2. The summed E-state index contributed by atoms with van der Waals surface area (Å²) in [4.78, 5) is 12.2. The van der Waals surface area contributed by atoms with Gasteiger partial charge in [0.1, 0.15) is 18.5 Å². The minimum Gasteiger partial charge on any atom is -0.449 e. The maximum Gasteiger partial charge on any atom is 0.499 e. The molecule has 38 heavy (non-hydrogen) atoms. The molecule has 0 bridgehead atoms. The lowest BCUT2D eigenvalue weighted by atomic mass is 9.98. The number of nitrogens with one attached hydrogen (secondary N) is 1. The second-order valence-electron chi connectivity index (χ2n) is 8.74. The molecule has 1 aliphatic carbocycles. The molecule has 0 fully saturated rings. The van der Waals surface area contributed by atoms with Crippen LogP contribution >= 0.6 is 0 Å².